The number of nitrogens with one attached hydrogen (secondary N) is 1. The summed E-state index contributed by atoms with van der Waals surface area (Å²) in [5.41, 5.74) is 0.213. The van der Waals surface area contributed by atoms with Crippen LogP contribution in [0.5, 0.6) is 0 Å². The summed E-state index contributed by atoms with van der Waals surface area (Å²) in [7, 11) is 0. The van der Waals surface area contributed by atoms with E-state index in [4.69, 9.17) is 4.74 Å². The number of piperidine rings is 1. The Morgan fingerprint density at radius 2 is 2.20 bits per heavy atom. The summed E-state index contributed by atoms with van der Waals surface area (Å²) in [5.74, 6) is 0.412. The fourth-order valence-corrected chi connectivity index (χ4v) is 2.02. The molecule has 1 unspecified atom stereocenters. The van der Waals surface area contributed by atoms with E-state index in [1.54, 1.807) is 0 Å². The van der Waals surface area contributed by atoms with Gasteiger partial charge in [0.1, 0.15) is 0 Å². The summed E-state index contributed by atoms with van der Waals surface area (Å²) in [5, 5.41) is 3.36. The third-order valence-electron chi connectivity index (χ3n) is 3.07. The van der Waals surface area contributed by atoms with E-state index >= 15 is 0 Å². The molecule has 3 nitrogen and oxygen atoms in total. The highest BCUT2D eigenvalue weighted by molar-refractivity contribution is 5.85. The van der Waals surface area contributed by atoms with Gasteiger partial charge >= 0.3 is 5.97 Å². The molecule has 1 aliphatic rings. The van der Waals surface area contributed by atoms with E-state index in [1.807, 2.05) is 6.92 Å². The summed E-state index contributed by atoms with van der Waals surface area (Å²) in [6, 6.07) is 0. The van der Waals surface area contributed by atoms with E-state index in [1.165, 1.54) is 0 Å². The lowest BCUT2D eigenvalue weighted by Gasteiger charge is -2.38. The van der Waals surface area contributed by atoms with Crippen molar-refractivity contribution < 1.29 is 9.53 Å². The maximum Gasteiger partial charge on any atom is 0.306 e. The minimum absolute atomic E-state index is 0. The molecule has 1 rings (SSSR count). The highest BCUT2D eigenvalue weighted by Gasteiger charge is 2.33. The molecule has 1 N–H and O–H groups in total. The monoisotopic (exact) mass is 235 g/mol. The molecule has 1 atom stereocenters. The van der Waals surface area contributed by atoms with E-state index < -0.39 is 0 Å². The normalized spacial score (nSPS) is 24.1. The first kappa shape index (κ1) is 14.7. The van der Waals surface area contributed by atoms with Crippen molar-refractivity contribution in [3.8, 4) is 0 Å². The molecular formula is C11H22ClNO2. The quantitative estimate of drug-likeness (QED) is 0.761. The van der Waals surface area contributed by atoms with Crippen LogP contribution in [-0.4, -0.2) is 25.7 Å². The Labute approximate surface area is 98.4 Å². The van der Waals surface area contributed by atoms with Crippen molar-refractivity contribution in [2.45, 2.75) is 33.6 Å². The van der Waals surface area contributed by atoms with Crippen LogP contribution in [-0.2, 0) is 9.53 Å². The van der Waals surface area contributed by atoms with Crippen molar-refractivity contribution in [2.24, 2.45) is 11.3 Å². The maximum atomic E-state index is 11.4. The summed E-state index contributed by atoms with van der Waals surface area (Å²) in [6.45, 7) is 8.78. The SMILES string of the molecule is CCOC(=O)CC1CCNCC1(C)C.Cl. The van der Waals surface area contributed by atoms with Crippen molar-refractivity contribution in [1.29, 1.82) is 0 Å². The molecule has 0 spiro atoms. The molecule has 0 bridgehead atoms. The van der Waals surface area contributed by atoms with Gasteiger partial charge in [-0.25, -0.2) is 0 Å². The van der Waals surface area contributed by atoms with E-state index in [9.17, 15) is 4.79 Å². The first-order valence-electron chi connectivity index (χ1n) is 5.42. The van der Waals surface area contributed by atoms with Crippen LogP contribution in [0.4, 0.5) is 0 Å². The molecular weight excluding hydrogens is 214 g/mol. The van der Waals surface area contributed by atoms with E-state index in [0.29, 0.717) is 18.9 Å². The number of carbonyl (C=O) groups is 1. The molecule has 1 aliphatic heterocycles. The van der Waals surface area contributed by atoms with Crippen LogP contribution in [0.2, 0.25) is 0 Å². The van der Waals surface area contributed by atoms with Gasteiger partial charge in [-0.1, -0.05) is 13.8 Å². The Kier molecular flexibility index (Phi) is 6.22. The first-order chi connectivity index (χ1) is 6.56. The van der Waals surface area contributed by atoms with Crippen LogP contribution in [0, 0.1) is 11.3 Å². The zero-order chi connectivity index (χ0) is 10.6. The summed E-state index contributed by atoms with van der Waals surface area (Å²) in [6.07, 6.45) is 1.65. The Morgan fingerprint density at radius 3 is 2.73 bits per heavy atom. The molecule has 15 heavy (non-hydrogen) atoms. The molecule has 4 heteroatoms. The largest absolute Gasteiger partial charge is 0.466 e. The lowest BCUT2D eigenvalue weighted by molar-refractivity contribution is -0.145. The molecule has 0 radical (unpaired) electrons. The fourth-order valence-electron chi connectivity index (χ4n) is 2.02. The number of rotatable bonds is 3. The van der Waals surface area contributed by atoms with Gasteiger partial charge in [-0.2, -0.15) is 0 Å². The molecule has 0 aliphatic carbocycles. The van der Waals surface area contributed by atoms with Gasteiger partial charge in [0.25, 0.3) is 0 Å². The second-order valence-electron chi connectivity index (χ2n) is 4.66. The number of hydrogen-bond donors (Lipinski definition) is 1. The third kappa shape index (κ3) is 4.39. The molecule has 1 fully saturated rings. The van der Waals surface area contributed by atoms with Crippen LogP contribution in [0.25, 0.3) is 0 Å². The molecule has 1 saturated heterocycles. The van der Waals surface area contributed by atoms with E-state index in [2.05, 4.69) is 19.2 Å². The summed E-state index contributed by atoms with van der Waals surface area (Å²) in [4.78, 5) is 11.4. The van der Waals surface area contributed by atoms with Crippen molar-refractivity contribution in [1.82, 2.24) is 5.32 Å². The van der Waals surface area contributed by atoms with E-state index in [-0.39, 0.29) is 23.8 Å². The molecule has 0 saturated carbocycles. The topological polar surface area (TPSA) is 38.3 Å². The summed E-state index contributed by atoms with van der Waals surface area (Å²) < 4.78 is 4.98. The van der Waals surface area contributed by atoms with Crippen LogP contribution in [0.1, 0.15) is 33.6 Å². The van der Waals surface area contributed by atoms with Crippen molar-refractivity contribution in [2.75, 3.05) is 19.7 Å². The number of esters is 1. The van der Waals surface area contributed by atoms with Gasteiger partial charge in [-0.3, -0.25) is 4.79 Å². The van der Waals surface area contributed by atoms with Crippen molar-refractivity contribution in [3.63, 3.8) is 0 Å². The average molecular weight is 236 g/mol. The molecule has 0 amide bonds. The highest BCUT2D eigenvalue weighted by Crippen LogP contribution is 2.34. The second kappa shape index (κ2) is 6.33. The van der Waals surface area contributed by atoms with E-state index in [0.717, 1.165) is 19.5 Å². The van der Waals surface area contributed by atoms with Gasteiger partial charge in [-0.05, 0) is 31.2 Å². The second-order valence-corrected chi connectivity index (χ2v) is 4.66. The maximum absolute atomic E-state index is 11.4. The predicted molar refractivity (Wildman–Crippen MR) is 63.3 cm³/mol. The van der Waals surface area contributed by atoms with Crippen molar-refractivity contribution in [3.05, 3.63) is 0 Å². The van der Waals surface area contributed by atoms with Crippen LogP contribution < -0.4 is 5.32 Å². The minimum atomic E-state index is -0.0486. The van der Waals surface area contributed by atoms with Gasteiger partial charge < -0.3 is 10.1 Å². The zero-order valence-electron chi connectivity index (χ0n) is 9.84. The van der Waals surface area contributed by atoms with Gasteiger partial charge in [0.05, 0.1) is 6.61 Å². The number of ether oxygens (including phenoxy) is 1. The van der Waals surface area contributed by atoms with Gasteiger partial charge in [0.2, 0.25) is 0 Å². The number of carbonyl (C=O) groups excluding carboxylic acids is 1. The predicted octanol–water partition coefficient (Wildman–Crippen LogP) is 2.00. The number of halogens is 1. The molecule has 90 valence electrons. The molecule has 0 aromatic carbocycles. The lowest BCUT2D eigenvalue weighted by atomic mass is 9.73. The Hall–Kier alpha value is -0.280. The molecule has 1 heterocycles. The third-order valence-corrected chi connectivity index (χ3v) is 3.07. The molecule has 0 aromatic rings. The zero-order valence-corrected chi connectivity index (χ0v) is 10.7. The number of hydrogen-bond acceptors (Lipinski definition) is 3. The van der Waals surface area contributed by atoms with Crippen LogP contribution in [0.3, 0.4) is 0 Å². The Balaban J connectivity index is 0.00000196. The average Bonchev–Trinajstić information content (AvgIpc) is 2.09. The smallest absolute Gasteiger partial charge is 0.306 e. The standard InChI is InChI=1S/C11H21NO2.ClH/c1-4-14-10(13)7-9-5-6-12-8-11(9,2)3;/h9,12H,4-8H2,1-3H3;1H. The minimum Gasteiger partial charge on any atom is -0.466 e. The summed E-state index contributed by atoms with van der Waals surface area (Å²) >= 11 is 0. The fraction of sp³-hybridized carbons (Fsp3) is 0.909. The molecule has 0 aromatic heterocycles. The van der Waals surface area contributed by atoms with Gasteiger partial charge in [0, 0.05) is 13.0 Å². The van der Waals surface area contributed by atoms with Gasteiger partial charge in [-0.15, -0.1) is 12.4 Å². The van der Waals surface area contributed by atoms with Crippen LogP contribution >= 0.6 is 12.4 Å². The lowest BCUT2D eigenvalue weighted by Crippen LogP contribution is -2.43. The van der Waals surface area contributed by atoms with Crippen molar-refractivity contribution >= 4 is 18.4 Å². The first-order valence-corrected chi connectivity index (χ1v) is 5.42. The van der Waals surface area contributed by atoms with Crippen LogP contribution in [0.15, 0.2) is 0 Å². The highest BCUT2D eigenvalue weighted by atomic mass is 35.5. The van der Waals surface area contributed by atoms with Gasteiger partial charge in [0.15, 0.2) is 0 Å². The Bertz CT molecular complexity index is 207. The Morgan fingerprint density at radius 1 is 1.53 bits per heavy atom.